The predicted octanol–water partition coefficient (Wildman–Crippen LogP) is 0.804. The molecule has 3 N–H and O–H groups in total. The van der Waals surface area contributed by atoms with Crippen molar-refractivity contribution >= 4 is 17.5 Å². The van der Waals surface area contributed by atoms with E-state index in [2.05, 4.69) is 15.6 Å². The summed E-state index contributed by atoms with van der Waals surface area (Å²) >= 11 is 5.91. The summed E-state index contributed by atoms with van der Waals surface area (Å²) in [5.74, 6) is -0.225. The van der Waals surface area contributed by atoms with E-state index >= 15 is 0 Å². The van der Waals surface area contributed by atoms with Crippen LogP contribution in [0.15, 0.2) is 24.4 Å². The molecule has 6 nitrogen and oxygen atoms in total. The summed E-state index contributed by atoms with van der Waals surface area (Å²) in [5.41, 5.74) is 7.76. The van der Waals surface area contributed by atoms with Crippen LogP contribution >= 0.6 is 11.6 Å². The zero-order chi connectivity index (χ0) is 13.8. The van der Waals surface area contributed by atoms with Crippen molar-refractivity contribution in [2.24, 2.45) is 5.73 Å². The van der Waals surface area contributed by atoms with Crippen LogP contribution in [0.1, 0.15) is 11.3 Å². The van der Waals surface area contributed by atoms with E-state index in [1.165, 1.54) is 0 Å². The lowest BCUT2D eigenvalue weighted by atomic mass is 10.2. The molecular weight excluding hydrogens is 266 g/mol. The van der Waals surface area contributed by atoms with Gasteiger partial charge in [0.1, 0.15) is 5.69 Å². The lowest BCUT2D eigenvalue weighted by Gasteiger charge is -2.04. The van der Waals surface area contributed by atoms with Crippen molar-refractivity contribution < 1.29 is 4.79 Å². The Morgan fingerprint density at radius 2 is 2.32 bits per heavy atom. The minimum absolute atomic E-state index is 0.0373. The van der Waals surface area contributed by atoms with E-state index in [1.54, 1.807) is 16.9 Å². The van der Waals surface area contributed by atoms with Gasteiger partial charge in [-0.3, -0.25) is 4.79 Å². The molecule has 1 heterocycles. The minimum atomic E-state index is -0.225. The van der Waals surface area contributed by atoms with Gasteiger partial charge in [0.25, 0.3) is 0 Å². The second-order valence-corrected chi connectivity index (χ2v) is 4.50. The molecular formula is C12H14ClN5O. The number of aryl methyl sites for hydroxylation is 1. The Labute approximate surface area is 115 Å². The van der Waals surface area contributed by atoms with Crippen LogP contribution in [0.2, 0.25) is 5.02 Å². The summed E-state index contributed by atoms with van der Waals surface area (Å²) in [7, 11) is 0. The fourth-order valence-electron chi connectivity index (χ4n) is 1.63. The first-order valence-electron chi connectivity index (χ1n) is 5.74. The molecule has 0 unspecified atom stereocenters. The Morgan fingerprint density at radius 3 is 3.00 bits per heavy atom. The quantitative estimate of drug-likeness (QED) is 0.867. The molecule has 0 saturated heterocycles. The van der Waals surface area contributed by atoms with Crippen LogP contribution in [0.5, 0.6) is 0 Å². The van der Waals surface area contributed by atoms with Gasteiger partial charge in [0.15, 0.2) is 0 Å². The number of hydrogen-bond acceptors (Lipinski definition) is 4. The molecule has 0 aliphatic carbocycles. The molecule has 0 fully saturated rings. The van der Waals surface area contributed by atoms with E-state index in [-0.39, 0.29) is 12.5 Å². The number of carbonyl (C=O) groups excluding carboxylic acids is 1. The van der Waals surface area contributed by atoms with Crippen molar-refractivity contribution in [3.8, 4) is 5.69 Å². The SMILES string of the molecule is Cc1cc(Cl)ccc1-n1cc(CNC(=O)CN)nn1. The smallest absolute Gasteiger partial charge is 0.234 e. The van der Waals surface area contributed by atoms with E-state index in [1.807, 2.05) is 19.1 Å². The van der Waals surface area contributed by atoms with Crippen LogP contribution in [0.4, 0.5) is 0 Å². The highest BCUT2D eigenvalue weighted by molar-refractivity contribution is 6.30. The van der Waals surface area contributed by atoms with E-state index in [4.69, 9.17) is 17.3 Å². The van der Waals surface area contributed by atoms with Gasteiger partial charge in [-0.1, -0.05) is 16.8 Å². The molecule has 1 amide bonds. The van der Waals surface area contributed by atoms with Crippen molar-refractivity contribution in [1.29, 1.82) is 0 Å². The van der Waals surface area contributed by atoms with Gasteiger partial charge in [-0.15, -0.1) is 5.10 Å². The maximum absolute atomic E-state index is 11.0. The molecule has 2 rings (SSSR count). The number of aromatic nitrogens is 3. The second kappa shape index (κ2) is 5.81. The number of halogens is 1. The molecule has 1 aromatic heterocycles. The lowest BCUT2D eigenvalue weighted by molar-refractivity contribution is -0.119. The highest BCUT2D eigenvalue weighted by Crippen LogP contribution is 2.18. The Hall–Kier alpha value is -1.92. The van der Waals surface area contributed by atoms with E-state index in [0.29, 0.717) is 17.3 Å². The van der Waals surface area contributed by atoms with E-state index < -0.39 is 0 Å². The summed E-state index contributed by atoms with van der Waals surface area (Å²) in [6.45, 7) is 2.21. The highest BCUT2D eigenvalue weighted by Gasteiger charge is 2.06. The largest absolute Gasteiger partial charge is 0.349 e. The summed E-state index contributed by atoms with van der Waals surface area (Å²) < 4.78 is 1.65. The van der Waals surface area contributed by atoms with Crippen LogP contribution in [0.25, 0.3) is 5.69 Å². The van der Waals surface area contributed by atoms with Crippen molar-refractivity contribution in [2.75, 3.05) is 6.54 Å². The number of rotatable bonds is 4. The normalized spacial score (nSPS) is 10.5. The maximum Gasteiger partial charge on any atom is 0.234 e. The monoisotopic (exact) mass is 279 g/mol. The van der Waals surface area contributed by atoms with Gasteiger partial charge in [-0.25, -0.2) is 4.68 Å². The van der Waals surface area contributed by atoms with Crippen molar-refractivity contribution in [3.63, 3.8) is 0 Å². The average Bonchev–Trinajstić information content (AvgIpc) is 2.84. The second-order valence-electron chi connectivity index (χ2n) is 4.07. The van der Waals surface area contributed by atoms with Crippen LogP contribution in [0.3, 0.4) is 0 Å². The number of amides is 1. The molecule has 100 valence electrons. The van der Waals surface area contributed by atoms with Crippen LogP contribution in [-0.4, -0.2) is 27.4 Å². The van der Waals surface area contributed by atoms with Gasteiger partial charge in [0.2, 0.25) is 5.91 Å². The van der Waals surface area contributed by atoms with Gasteiger partial charge < -0.3 is 11.1 Å². The highest BCUT2D eigenvalue weighted by atomic mass is 35.5. The Bertz CT molecular complexity index is 596. The fourth-order valence-corrected chi connectivity index (χ4v) is 1.86. The third-order valence-corrected chi connectivity index (χ3v) is 2.83. The van der Waals surface area contributed by atoms with E-state index in [0.717, 1.165) is 11.3 Å². The van der Waals surface area contributed by atoms with Gasteiger partial charge in [0.05, 0.1) is 25.0 Å². The van der Waals surface area contributed by atoms with Crippen molar-refractivity contribution in [1.82, 2.24) is 20.3 Å². The summed E-state index contributed by atoms with van der Waals surface area (Å²) in [5, 5.41) is 11.3. The van der Waals surface area contributed by atoms with E-state index in [9.17, 15) is 4.79 Å². The molecule has 0 spiro atoms. The number of carbonyl (C=O) groups is 1. The summed E-state index contributed by atoms with van der Waals surface area (Å²) in [4.78, 5) is 11.0. The Kier molecular flexibility index (Phi) is 4.13. The minimum Gasteiger partial charge on any atom is -0.349 e. The third-order valence-electron chi connectivity index (χ3n) is 2.60. The molecule has 2 aromatic rings. The summed E-state index contributed by atoms with van der Waals surface area (Å²) in [6.07, 6.45) is 1.76. The first-order valence-corrected chi connectivity index (χ1v) is 6.12. The van der Waals surface area contributed by atoms with Gasteiger partial charge in [-0.2, -0.15) is 0 Å². The first-order chi connectivity index (χ1) is 9.10. The lowest BCUT2D eigenvalue weighted by Crippen LogP contribution is -2.29. The predicted molar refractivity (Wildman–Crippen MR) is 72.0 cm³/mol. The summed E-state index contributed by atoms with van der Waals surface area (Å²) in [6, 6.07) is 5.52. The molecule has 0 bridgehead atoms. The van der Waals surface area contributed by atoms with Crippen LogP contribution < -0.4 is 11.1 Å². The fraction of sp³-hybridized carbons (Fsp3) is 0.250. The molecule has 1 aromatic carbocycles. The number of nitrogens with two attached hydrogens (primary N) is 1. The molecule has 0 aliphatic heterocycles. The molecule has 19 heavy (non-hydrogen) atoms. The molecule has 7 heteroatoms. The van der Waals surface area contributed by atoms with Crippen molar-refractivity contribution in [2.45, 2.75) is 13.5 Å². The standard InChI is InChI=1S/C12H14ClN5O/c1-8-4-9(13)2-3-11(8)18-7-10(16-17-18)6-15-12(19)5-14/h2-4,7H,5-6,14H2,1H3,(H,15,19). The molecule has 0 aliphatic rings. The van der Waals surface area contributed by atoms with Gasteiger partial charge >= 0.3 is 0 Å². The number of hydrogen-bond donors (Lipinski definition) is 2. The Balaban J connectivity index is 2.14. The maximum atomic E-state index is 11.0. The number of benzene rings is 1. The van der Waals surface area contributed by atoms with Gasteiger partial charge in [-0.05, 0) is 30.7 Å². The average molecular weight is 280 g/mol. The van der Waals surface area contributed by atoms with Crippen molar-refractivity contribution in [3.05, 3.63) is 40.7 Å². The third kappa shape index (κ3) is 3.30. The van der Waals surface area contributed by atoms with Crippen LogP contribution in [0, 0.1) is 6.92 Å². The molecule has 0 radical (unpaired) electrons. The molecule has 0 atom stereocenters. The number of nitrogens with zero attached hydrogens (tertiary/aromatic N) is 3. The first kappa shape index (κ1) is 13.5. The topological polar surface area (TPSA) is 85.8 Å². The number of nitrogens with one attached hydrogen (secondary N) is 1. The Morgan fingerprint density at radius 1 is 1.53 bits per heavy atom. The van der Waals surface area contributed by atoms with Gasteiger partial charge in [0, 0.05) is 5.02 Å². The van der Waals surface area contributed by atoms with Crippen LogP contribution in [-0.2, 0) is 11.3 Å². The zero-order valence-corrected chi connectivity index (χ0v) is 11.2. The molecule has 0 saturated carbocycles. The zero-order valence-electron chi connectivity index (χ0n) is 10.4.